The van der Waals surface area contributed by atoms with Gasteiger partial charge in [-0.3, -0.25) is 14.4 Å². The zero-order chi connectivity index (χ0) is 13.6. The van der Waals surface area contributed by atoms with E-state index in [1.807, 2.05) is 0 Å². The predicted molar refractivity (Wildman–Crippen MR) is 63.8 cm³/mol. The van der Waals surface area contributed by atoms with Crippen LogP contribution >= 0.6 is 0 Å². The van der Waals surface area contributed by atoms with E-state index in [0.717, 1.165) is 12.8 Å². The number of hydrogen-bond donors (Lipinski definition) is 0. The van der Waals surface area contributed by atoms with Crippen LogP contribution in [0.3, 0.4) is 0 Å². The number of rotatable bonds is 5. The molecule has 1 aliphatic rings. The fraction of sp³-hybridized carbons (Fsp3) is 0.769. The van der Waals surface area contributed by atoms with Gasteiger partial charge in [-0.05, 0) is 25.7 Å². The Morgan fingerprint density at radius 3 is 2.50 bits per heavy atom. The third-order valence-corrected chi connectivity index (χ3v) is 3.58. The Balaban J connectivity index is 2.69. The molecular weight excluding hydrogens is 236 g/mol. The molecule has 5 nitrogen and oxygen atoms in total. The molecule has 0 bridgehead atoms. The molecular formula is C13H20O5. The minimum Gasteiger partial charge on any atom is -0.469 e. The molecule has 102 valence electrons. The third kappa shape index (κ3) is 3.09. The molecule has 0 spiro atoms. The maximum absolute atomic E-state index is 12.0. The Kier molecular flexibility index (Phi) is 5.31. The second-order valence-electron chi connectivity index (χ2n) is 4.63. The zero-order valence-electron chi connectivity index (χ0n) is 11.0. The Morgan fingerprint density at radius 1 is 1.22 bits per heavy atom. The fourth-order valence-corrected chi connectivity index (χ4v) is 2.51. The van der Waals surface area contributed by atoms with Gasteiger partial charge in [-0.2, -0.15) is 0 Å². The van der Waals surface area contributed by atoms with Crippen molar-refractivity contribution in [3.05, 3.63) is 0 Å². The molecule has 0 heterocycles. The summed E-state index contributed by atoms with van der Waals surface area (Å²) in [6.07, 6.45) is 3.68. The van der Waals surface area contributed by atoms with Crippen LogP contribution in [0.4, 0.5) is 0 Å². The van der Waals surface area contributed by atoms with Crippen LogP contribution in [0.25, 0.3) is 0 Å². The molecule has 1 saturated carbocycles. The quantitative estimate of drug-likeness (QED) is 0.552. The van der Waals surface area contributed by atoms with E-state index >= 15 is 0 Å². The summed E-state index contributed by atoms with van der Waals surface area (Å²) in [7, 11) is 2.62. The lowest BCUT2D eigenvalue weighted by molar-refractivity contribution is -0.161. The number of carbonyl (C=O) groups is 3. The number of methoxy groups -OCH3 is 2. The Hall–Kier alpha value is -1.39. The molecule has 1 aliphatic carbocycles. The van der Waals surface area contributed by atoms with Gasteiger partial charge in [-0.15, -0.1) is 0 Å². The third-order valence-electron chi connectivity index (χ3n) is 3.58. The van der Waals surface area contributed by atoms with Crippen LogP contribution in [0.1, 0.15) is 44.9 Å². The predicted octanol–water partition coefficient (Wildman–Crippen LogP) is 1.63. The number of Topliss-reactive ketones (excluding diaryl/α,β-unsaturated/α-hetero) is 1. The van der Waals surface area contributed by atoms with Gasteiger partial charge < -0.3 is 9.47 Å². The van der Waals surface area contributed by atoms with E-state index in [1.54, 1.807) is 0 Å². The first-order chi connectivity index (χ1) is 8.56. The second kappa shape index (κ2) is 6.52. The van der Waals surface area contributed by atoms with Crippen molar-refractivity contribution < 1.29 is 23.9 Å². The molecule has 0 amide bonds. The molecule has 1 rings (SSSR count). The number of carbonyl (C=O) groups excluding carboxylic acids is 3. The van der Waals surface area contributed by atoms with Gasteiger partial charge in [0, 0.05) is 12.8 Å². The van der Waals surface area contributed by atoms with Crippen molar-refractivity contribution in [2.24, 2.45) is 5.41 Å². The standard InChI is InChI=1S/C13H20O5/c1-17-11(15)7-5-9-13(12(16)18-2)8-4-3-6-10(13)14/h3-9H2,1-2H3. The molecule has 1 unspecified atom stereocenters. The molecule has 0 N–H and O–H groups in total. The van der Waals surface area contributed by atoms with E-state index in [2.05, 4.69) is 4.74 Å². The van der Waals surface area contributed by atoms with E-state index in [4.69, 9.17) is 4.74 Å². The van der Waals surface area contributed by atoms with Crippen LogP contribution in [-0.4, -0.2) is 31.9 Å². The van der Waals surface area contributed by atoms with Crippen LogP contribution in [0.5, 0.6) is 0 Å². The largest absolute Gasteiger partial charge is 0.469 e. The smallest absolute Gasteiger partial charge is 0.319 e. The van der Waals surface area contributed by atoms with E-state index in [9.17, 15) is 14.4 Å². The van der Waals surface area contributed by atoms with Gasteiger partial charge in [-0.25, -0.2) is 0 Å². The van der Waals surface area contributed by atoms with E-state index in [0.29, 0.717) is 25.7 Å². The molecule has 0 radical (unpaired) electrons. The second-order valence-corrected chi connectivity index (χ2v) is 4.63. The lowest BCUT2D eigenvalue weighted by Crippen LogP contribution is -2.42. The highest BCUT2D eigenvalue weighted by Gasteiger charge is 2.46. The average molecular weight is 256 g/mol. The van der Waals surface area contributed by atoms with Crippen molar-refractivity contribution in [3.63, 3.8) is 0 Å². The first-order valence-electron chi connectivity index (χ1n) is 6.25. The minimum absolute atomic E-state index is 0.0505. The molecule has 1 fully saturated rings. The molecule has 0 saturated heterocycles. The summed E-state index contributed by atoms with van der Waals surface area (Å²) in [5.41, 5.74) is -1.03. The Labute approximate surface area is 107 Å². The first kappa shape index (κ1) is 14.7. The average Bonchev–Trinajstić information content (AvgIpc) is 2.39. The molecule has 5 heteroatoms. The molecule has 1 atom stereocenters. The van der Waals surface area contributed by atoms with Crippen LogP contribution < -0.4 is 0 Å². The summed E-state index contributed by atoms with van der Waals surface area (Å²) < 4.78 is 9.32. The van der Waals surface area contributed by atoms with Crippen molar-refractivity contribution in [2.45, 2.75) is 44.9 Å². The summed E-state index contributed by atoms with van der Waals surface area (Å²) in [6.45, 7) is 0. The summed E-state index contributed by atoms with van der Waals surface area (Å²) in [6, 6.07) is 0. The SMILES string of the molecule is COC(=O)CCCC1(C(=O)OC)CCCCC1=O. The van der Waals surface area contributed by atoms with E-state index in [1.165, 1.54) is 14.2 Å². The Morgan fingerprint density at radius 2 is 1.94 bits per heavy atom. The highest BCUT2D eigenvalue weighted by Crippen LogP contribution is 2.39. The molecule has 0 aromatic rings. The van der Waals surface area contributed by atoms with Gasteiger partial charge >= 0.3 is 11.9 Å². The van der Waals surface area contributed by atoms with Gasteiger partial charge in [0.1, 0.15) is 11.2 Å². The minimum atomic E-state index is -1.03. The van der Waals surface area contributed by atoms with E-state index in [-0.39, 0.29) is 18.2 Å². The van der Waals surface area contributed by atoms with Gasteiger partial charge in [0.2, 0.25) is 0 Å². The van der Waals surface area contributed by atoms with Crippen LogP contribution in [0, 0.1) is 5.41 Å². The topological polar surface area (TPSA) is 69.7 Å². The highest BCUT2D eigenvalue weighted by molar-refractivity contribution is 6.04. The molecule has 0 aliphatic heterocycles. The van der Waals surface area contributed by atoms with E-state index < -0.39 is 11.4 Å². The maximum Gasteiger partial charge on any atom is 0.319 e. The zero-order valence-corrected chi connectivity index (χ0v) is 11.0. The number of ketones is 1. The van der Waals surface area contributed by atoms with Crippen molar-refractivity contribution >= 4 is 17.7 Å². The number of hydrogen-bond acceptors (Lipinski definition) is 5. The lowest BCUT2D eigenvalue weighted by Gasteiger charge is -2.32. The van der Waals surface area contributed by atoms with Gasteiger partial charge in [0.15, 0.2) is 0 Å². The first-order valence-corrected chi connectivity index (χ1v) is 6.25. The Bertz CT molecular complexity index is 326. The van der Waals surface area contributed by atoms with Crippen molar-refractivity contribution in [1.82, 2.24) is 0 Å². The summed E-state index contributed by atoms with van der Waals surface area (Å²) in [5, 5.41) is 0. The monoisotopic (exact) mass is 256 g/mol. The molecule has 0 aromatic carbocycles. The van der Waals surface area contributed by atoms with Crippen molar-refractivity contribution in [2.75, 3.05) is 14.2 Å². The van der Waals surface area contributed by atoms with Gasteiger partial charge in [0.05, 0.1) is 14.2 Å². The van der Waals surface area contributed by atoms with Crippen molar-refractivity contribution in [1.29, 1.82) is 0 Å². The summed E-state index contributed by atoms with van der Waals surface area (Å²) in [4.78, 5) is 35.0. The van der Waals surface area contributed by atoms with Crippen LogP contribution in [0.2, 0.25) is 0 Å². The summed E-state index contributed by atoms with van der Waals surface area (Å²) >= 11 is 0. The number of ether oxygens (including phenoxy) is 2. The van der Waals surface area contributed by atoms with Gasteiger partial charge in [-0.1, -0.05) is 6.42 Å². The normalized spacial score (nSPS) is 23.6. The van der Waals surface area contributed by atoms with Crippen molar-refractivity contribution in [3.8, 4) is 0 Å². The lowest BCUT2D eigenvalue weighted by atomic mass is 9.70. The van der Waals surface area contributed by atoms with Crippen LogP contribution in [-0.2, 0) is 23.9 Å². The maximum atomic E-state index is 12.0. The van der Waals surface area contributed by atoms with Crippen LogP contribution in [0.15, 0.2) is 0 Å². The fourth-order valence-electron chi connectivity index (χ4n) is 2.51. The molecule has 0 aromatic heterocycles. The van der Waals surface area contributed by atoms with Gasteiger partial charge in [0.25, 0.3) is 0 Å². The summed E-state index contributed by atoms with van der Waals surface area (Å²) in [5.74, 6) is -0.833. The number of esters is 2. The highest BCUT2D eigenvalue weighted by atomic mass is 16.5. The molecule has 18 heavy (non-hydrogen) atoms.